The second-order valence-corrected chi connectivity index (χ2v) is 7.62. The van der Waals surface area contributed by atoms with Crippen molar-refractivity contribution < 1.29 is 4.79 Å². The van der Waals surface area contributed by atoms with Crippen LogP contribution in [0.3, 0.4) is 0 Å². The maximum absolute atomic E-state index is 12.8. The van der Waals surface area contributed by atoms with Crippen LogP contribution in [0.25, 0.3) is 0 Å². The zero-order chi connectivity index (χ0) is 17.9. The number of carbonyl (C=O) groups excluding carboxylic acids is 1. The van der Waals surface area contributed by atoms with Crippen LogP contribution >= 0.6 is 11.6 Å². The summed E-state index contributed by atoms with van der Waals surface area (Å²) in [6, 6.07) is 15.6. The molecule has 1 amide bonds. The van der Waals surface area contributed by atoms with Gasteiger partial charge in [0.1, 0.15) is 0 Å². The third-order valence-electron chi connectivity index (χ3n) is 4.98. The molecule has 3 rings (SSSR count). The molecule has 1 heterocycles. The third kappa shape index (κ3) is 4.16. The van der Waals surface area contributed by atoms with Crippen molar-refractivity contribution in [3.05, 3.63) is 59.1 Å². The molecule has 132 valence electrons. The van der Waals surface area contributed by atoms with Crippen LogP contribution in [0, 0.1) is 0 Å². The number of benzene rings is 2. The van der Waals surface area contributed by atoms with Crippen LogP contribution in [0.4, 0.5) is 11.4 Å². The van der Waals surface area contributed by atoms with Gasteiger partial charge in [0.25, 0.3) is 0 Å². The number of halogens is 1. The Hall–Kier alpha value is -2.00. The van der Waals surface area contributed by atoms with Gasteiger partial charge < -0.3 is 10.2 Å². The minimum Gasteiger partial charge on any atom is -0.372 e. The summed E-state index contributed by atoms with van der Waals surface area (Å²) in [5.74, 6) is -0.0273. The van der Waals surface area contributed by atoms with Crippen LogP contribution < -0.4 is 10.2 Å². The van der Waals surface area contributed by atoms with Crippen molar-refractivity contribution in [2.75, 3.05) is 23.3 Å². The number of hydrogen-bond acceptors (Lipinski definition) is 2. The van der Waals surface area contributed by atoms with Gasteiger partial charge in [0.15, 0.2) is 0 Å². The molecular weight excluding hydrogens is 332 g/mol. The average molecular weight is 357 g/mol. The highest BCUT2D eigenvalue weighted by Gasteiger charge is 2.29. The molecule has 0 aliphatic carbocycles. The van der Waals surface area contributed by atoms with Gasteiger partial charge >= 0.3 is 0 Å². The normalized spacial score (nSPS) is 15.1. The minimum absolute atomic E-state index is 0.0273. The van der Waals surface area contributed by atoms with Crippen molar-refractivity contribution in [2.24, 2.45) is 0 Å². The van der Waals surface area contributed by atoms with Crippen molar-refractivity contribution in [2.45, 2.75) is 38.5 Å². The third-order valence-corrected chi connectivity index (χ3v) is 5.23. The van der Waals surface area contributed by atoms with E-state index in [-0.39, 0.29) is 5.91 Å². The molecule has 25 heavy (non-hydrogen) atoms. The number of anilines is 2. The predicted molar refractivity (Wildman–Crippen MR) is 106 cm³/mol. The lowest BCUT2D eigenvalue weighted by Crippen LogP contribution is -2.34. The van der Waals surface area contributed by atoms with E-state index in [9.17, 15) is 4.79 Å². The Labute approximate surface area is 155 Å². The monoisotopic (exact) mass is 356 g/mol. The van der Waals surface area contributed by atoms with Crippen LogP contribution in [0.15, 0.2) is 48.5 Å². The van der Waals surface area contributed by atoms with Gasteiger partial charge in [-0.1, -0.05) is 23.7 Å². The van der Waals surface area contributed by atoms with Crippen molar-refractivity contribution in [3.63, 3.8) is 0 Å². The van der Waals surface area contributed by atoms with E-state index in [1.54, 1.807) is 0 Å². The molecule has 2 aromatic rings. The first kappa shape index (κ1) is 17.8. The van der Waals surface area contributed by atoms with Gasteiger partial charge in [-0.05, 0) is 75.1 Å². The molecule has 0 spiro atoms. The average Bonchev–Trinajstić information content (AvgIpc) is 2.63. The lowest BCUT2D eigenvalue weighted by Gasteiger charge is -2.29. The van der Waals surface area contributed by atoms with Crippen molar-refractivity contribution in [1.29, 1.82) is 0 Å². The molecule has 1 saturated heterocycles. The van der Waals surface area contributed by atoms with Gasteiger partial charge in [-0.3, -0.25) is 4.79 Å². The topological polar surface area (TPSA) is 32.3 Å². The maximum atomic E-state index is 12.8. The lowest BCUT2D eigenvalue weighted by molar-refractivity contribution is -0.120. The molecule has 1 N–H and O–H groups in total. The number of piperidine rings is 1. The Morgan fingerprint density at radius 3 is 2.16 bits per heavy atom. The second kappa shape index (κ2) is 7.49. The molecule has 4 heteroatoms. The molecule has 0 saturated carbocycles. The van der Waals surface area contributed by atoms with Gasteiger partial charge in [0, 0.05) is 29.5 Å². The summed E-state index contributed by atoms with van der Waals surface area (Å²) in [4.78, 5) is 15.2. The molecule has 2 aromatic carbocycles. The first-order valence-electron chi connectivity index (χ1n) is 8.89. The summed E-state index contributed by atoms with van der Waals surface area (Å²) in [6.07, 6.45) is 3.84. The molecule has 1 aliphatic heterocycles. The summed E-state index contributed by atoms with van der Waals surface area (Å²) >= 11 is 5.95. The standard InChI is InChI=1S/C21H25ClN2O/c1-21(2,16-6-8-17(22)9-7-16)20(25)23-18-10-12-19(13-11-18)24-14-4-3-5-15-24/h6-13H,3-5,14-15H2,1-2H3,(H,23,25). The SMILES string of the molecule is CC(C)(C(=O)Nc1ccc(N2CCCCC2)cc1)c1ccc(Cl)cc1. The number of nitrogens with zero attached hydrogens (tertiary/aromatic N) is 1. The summed E-state index contributed by atoms with van der Waals surface area (Å²) in [5.41, 5.74) is 2.37. The highest BCUT2D eigenvalue weighted by molar-refractivity contribution is 6.30. The zero-order valence-corrected chi connectivity index (χ0v) is 15.6. The Kier molecular flexibility index (Phi) is 5.33. The van der Waals surface area contributed by atoms with E-state index < -0.39 is 5.41 Å². The predicted octanol–water partition coefficient (Wildman–Crippen LogP) is 5.25. The van der Waals surface area contributed by atoms with E-state index in [0.29, 0.717) is 5.02 Å². The van der Waals surface area contributed by atoms with Gasteiger partial charge in [0.05, 0.1) is 5.41 Å². The number of amides is 1. The largest absolute Gasteiger partial charge is 0.372 e. The van der Waals surface area contributed by atoms with Crippen molar-refractivity contribution >= 4 is 28.9 Å². The van der Waals surface area contributed by atoms with Crippen LogP contribution in [0.5, 0.6) is 0 Å². The molecule has 0 bridgehead atoms. The fraction of sp³-hybridized carbons (Fsp3) is 0.381. The summed E-state index contributed by atoms with van der Waals surface area (Å²) in [5, 5.41) is 3.71. The molecule has 1 fully saturated rings. The van der Waals surface area contributed by atoms with Gasteiger partial charge in [-0.15, -0.1) is 0 Å². The highest BCUT2D eigenvalue weighted by atomic mass is 35.5. The first-order chi connectivity index (χ1) is 12.0. The number of rotatable bonds is 4. The van der Waals surface area contributed by atoms with Gasteiger partial charge in [0.2, 0.25) is 5.91 Å². The number of nitrogens with one attached hydrogen (secondary N) is 1. The van der Waals surface area contributed by atoms with Gasteiger partial charge in [-0.2, -0.15) is 0 Å². The molecular formula is C21H25ClN2O. The first-order valence-corrected chi connectivity index (χ1v) is 9.27. The quantitative estimate of drug-likeness (QED) is 0.811. The van der Waals surface area contributed by atoms with E-state index in [2.05, 4.69) is 22.3 Å². The number of hydrogen-bond donors (Lipinski definition) is 1. The Morgan fingerprint density at radius 1 is 0.960 bits per heavy atom. The lowest BCUT2D eigenvalue weighted by atomic mass is 9.83. The molecule has 3 nitrogen and oxygen atoms in total. The van der Waals surface area contributed by atoms with E-state index in [0.717, 1.165) is 24.3 Å². The summed E-state index contributed by atoms with van der Waals surface area (Å²) in [7, 11) is 0. The Balaban J connectivity index is 1.68. The van der Waals surface area contributed by atoms with E-state index in [4.69, 9.17) is 11.6 Å². The fourth-order valence-corrected chi connectivity index (χ4v) is 3.32. The number of carbonyl (C=O) groups is 1. The molecule has 1 aliphatic rings. The van der Waals surface area contributed by atoms with E-state index in [1.807, 2.05) is 50.2 Å². The smallest absolute Gasteiger partial charge is 0.234 e. The summed E-state index contributed by atoms with van der Waals surface area (Å²) in [6.45, 7) is 6.09. The van der Waals surface area contributed by atoms with Crippen LogP contribution in [0.2, 0.25) is 5.02 Å². The molecule has 0 aromatic heterocycles. The van der Waals surface area contributed by atoms with Crippen LogP contribution in [0.1, 0.15) is 38.7 Å². The second-order valence-electron chi connectivity index (χ2n) is 7.18. The van der Waals surface area contributed by atoms with Crippen molar-refractivity contribution in [3.8, 4) is 0 Å². The Morgan fingerprint density at radius 2 is 1.56 bits per heavy atom. The molecule has 0 unspecified atom stereocenters. The fourth-order valence-electron chi connectivity index (χ4n) is 3.19. The minimum atomic E-state index is -0.629. The van der Waals surface area contributed by atoms with Crippen molar-refractivity contribution in [1.82, 2.24) is 0 Å². The van der Waals surface area contributed by atoms with E-state index in [1.165, 1.54) is 24.9 Å². The maximum Gasteiger partial charge on any atom is 0.234 e. The van der Waals surface area contributed by atoms with E-state index >= 15 is 0 Å². The zero-order valence-electron chi connectivity index (χ0n) is 14.9. The summed E-state index contributed by atoms with van der Waals surface area (Å²) < 4.78 is 0. The van der Waals surface area contributed by atoms with Crippen LogP contribution in [-0.2, 0) is 10.2 Å². The molecule has 0 atom stereocenters. The Bertz CT molecular complexity index is 717. The van der Waals surface area contributed by atoms with Gasteiger partial charge in [-0.25, -0.2) is 0 Å². The molecule has 0 radical (unpaired) electrons. The van der Waals surface area contributed by atoms with Crippen LogP contribution in [-0.4, -0.2) is 19.0 Å². The highest BCUT2D eigenvalue weighted by Crippen LogP contribution is 2.27.